The third kappa shape index (κ3) is 2.29. The number of methoxy groups -OCH3 is 1. The summed E-state index contributed by atoms with van der Waals surface area (Å²) in [6.45, 7) is 5.17. The molecule has 1 unspecified atom stereocenters. The Balaban J connectivity index is 2.25. The van der Waals surface area contributed by atoms with E-state index in [9.17, 15) is 4.79 Å². The van der Waals surface area contributed by atoms with Gasteiger partial charge >= 0.3 is 5.97 Å². The first kappa shape index (κ1) is 12.4. The van der Waals surface area contributed by atoms with Crippen molar-refractivity contribution in [3.63, 3.8) is 0 Å². The largest absolute Gasteiger partial charge is 0.464 e. The maximum atomic E-state index is 11.5. The summed E-state index contributed by atoms with van der Waals surface area (Å²) in [6.07, 6.45) is 3.57. The van der Waals surface area contributed by atoms with Gasteiger partial charge in [0.25, 0.3) is 0 Å². The van der Waals surface area contributed by atoms with Gasteiger partial charge in [0.15, 0.2) is 10.8 Å². The van der Waals surface area contributed by atoms with E-state index in [1.54, 1.807) is 11.3 Å². The van der Waals surface area contributed by atoms with Crippen LogP contribution in [0, 0.1) is 6.92 Å². The van der Waals surface area contributed by atoms with Crippen LogP contribution in [0.1, 0.15) is 41.6 Å². The van der Waals surface area contributed by atoms with Gasteiger partial charge in [-0.25, -0.2) is 9.78 Å². The molecule has 0 amide bonds. The molecule has 0 aliphatic carbocycles. The van der Waals surface area contributed by atoms with Gasteiger partial charge in [0.2, 0.25) is 0 Å². The molecule has 1 atom stereocenters. The average Bonchev–Trinajstić information content (AvgIpc) is 2.93. The van der Waals surface area contributed by atoms with Crippen molar-refractivity contribution >= 4 is 22.4 Å². The number of aromatic nitrogens is 1. The van der Waals surface area contributed by atoms with E-state index in [-0.39, 0.29) is 5.97 Å². The normalized spacial score (nSPS) is 19.7. The summed E-state index contributed by atoms with van der Waals surface area (Å²) in [5, 5.41) is 0.965. The zero-order valence-electron chi connectivity index (χ0n) is 10.5. The fourth-order valence-corrected chi connectivity index (χ4v) is 3.30. The molecule has 17 heavy (non-hydrogen) atoms. The number of hydrogen-bond donors (Lipinski definition) is 0. The van der Waals surface area contributed by atoms with Gasteiger partial charge in [0.05, 0.1) is 7.11 Å². The predicted molar refractivity (Wildman–Crippen MR) is 68.8 cm³/mol. The van der Waals surface area contributed by atoms with Crippen LogP contribution >= 0.6 is 11.3 Å². The highest BCUT2D eigenvalue weighted by atomic mass is 32.1. The number of anilines is 1. The van der Waals surface area contributed by atoms with Crippen molar-refractivity contribution in [3.05, 3.63) is 10.6 Å². The van der Waals surface area contributed by atoms with Crippen LogP contribution in [0.5, 0.6) is 0 Å². The molecule has 0 N–H and O–H groups in total. The molecule has 0 saturated carbocycles. The van der Waals surface area contributed by atoms with Crippen molar-refractivity contribution in [2.75, 3.05) is 18.6 Å². The summed E-state index contributed by atoms with van der Waals surface area (Å²) < 4.78 is 4.73. The molecule has 5 heteroatoms. The lowest BCUT2D eigenvalue weighted by molar-refractivity contribution is 0.0594. The van der Waals surface area contributed by atoms with Crippen LogP contribution in [0.15, 0.2) is 0 Å². The second-order valence-corrected chi connectivity index (χ2v) is 5.47. The van der Waals surface area contributed by atoms with Gasteiger partial charge < -0.3 is 9.64 Å². The highest BCUT2D eigenvalue weighted by molar-refractivity contribution is 7.15. The quantitative estimate of drug-likeness (QED) is 0.778. The molecule has 94 valence electrons. The third-order valence-corrected chi connectivity index (χ3v) is 4.27. The van der Waals surface area contributed by atoms with Gasteiger partial charge in [-0.3, -0.25) is 0 Å². The Labute approximate surface area is 106 Å². The smallest absolute Gasteiger partial charge is 0.357 e. The van der Waals surface area contributed by atoms with Gasteiger partial charge in [-0.1, -0.05) is 6.92 Å². The van der Waals surface area contributed by atoms with Crippen molar-refractivity contribution in [1.29, 1.82) is 0 Å². The zero-order chi connectivity index (χ0) is 12.4. The van der Waals surface area contributed by atoms with Gasteiger partial charge in [-0.05, 0) is 26.2 Å². The van der Waals surface area contributed by atoms with Crippen LogP contribution in [0.4, 0.5) is 5.13 Å². The van der Waals surface area contributed by atoms with Crippen molar-refractivity contribution in [2.24, 2.45) is 0 Å². The highest BCUT2D eigenvalue weighted by Crippen LogP contribution is 2.32. The number of ether oxygens (including phenoxy) is 1. The maximum Gasteiger partial charge on any atom is 0.357 e. The van der Waals surface area contributed by atoms with Gasteiger partial charge in [-0.15, -0.1) is 11.3 Å². The molecule has 1 aromatic rings. The number of hydrogen-bond acceptors (Lipinski definition) is 5. The minimum absolute atomic E-state index is 0.336. The Bertz CT molecular complexity index is 417. The van der Waals surface area contributed by atoms with Crippen molar-refractivity contribution in [1.82, 2.24) is 4.98 Å². The van der Waals surface area contributed by atoms with E-state index in [1.165, 1.54) is 20.0 Å². The molecule has 4 nitrogen and oxygen atoms in total. The number of nitrogens with zero attached hydrogens (tertiary/aromatic N) is 2. The summed E-state index contributed by atoms with van der Waals surface area (Å²) in [5.41, 5.74) is 0.467. The maximum absolute atomic E-state index is 11.5. The molecule has 0 bridgehead atoms. The Kier molecular flexibility index (Phi) is 3.66. The lowest BCUT2D eigenvalue weighted by atomic mass is 10.2. The van der Waals surface area contributed by atoms with Crippen LogP contribution in [-0.2, 0) is 4.74 Å². The molecular weight excluding hydrogens is 236 g/mol. The van der Waals surface area contributed by atoms with Crippen LogP contribution in [-0.4, -0.2) is 30.6 Å². The summed E-state index contributed by atoms with van der Waals surface area (Å²) in [6, 6.07) is 0.575. The standard InChI is InChI=1S/C12H18N2O2S/c1-4-9-6-5-7-14(9)12-13-10(8(2)17-12)11(15)16-3/h9H,4-7H2,1-3H3. The molecule has 2 rings (SSSR count). The third-order valence-electron chi connectivity index (χ3n) is 3.26. The Morgan fingerprint density at radius 3 is 3.06 bits per heavy atom. The van der Waals surface area contributed by atoms with E-state index < -0.39 is 0 Å². The minimum atomic E-state index is -0.336. The molecule has 1 fully saturated rings. The van der Waals surface area contributed by atoms with Crippen LogP contribution in [0.2, 0.25) is 0 Å². The van der Waals surface area contributed by atoms with Gasteiger partial charge in [0.1, 0.15) is 0 Å². The van der Waals surface area contributed by atoms with Crippen LogP contribution < -0.4 is 4.90 Å². The van der Waals surface area contributed by atoms with E-state index in [2.05, 4.69) is 16.8 Å². The Morgan fingerprint density at radius 1 is 1.65 bits per heavy atom. The SMILES string of the molecule is CCC1CCCN1c1nc(C(=O)OC)c(C)s1. The molecule has 1 aliphatic heterocycles. The van der Waals surface area contributed by atoms with Gasteiger partial charge in [0, 0.05) is 17.5 Å². The van der Waals surface area contributed by atoms with E-state index in [0.29, 0.717) is 11.7 Å². The summed E-state index contributed by atoms with van der Waals surface area (Å²) in [7, 11) is 1.39. The average molecular weight is 254 g/mol. The fraction of sp³-hybridized carbons (Fsp3) is 0.667. The molecule has 1 aliphatic rings. The van der Waals surface area contributed by atoms with Crippen molar-refractivity contribution < 1.29 is 9.53 Å². The van der Waals surface area contributed by atoms with E-state index in [1.807, 2.05) is 6.92 Å². The first-order chi connectivity index (χ1) is 8.17. The molecule has 1 aromatic heterocycles. The first-order valence-corrected chi connectivity index (χ1v) is 6.81. The number of carbonyl (C=O) groups excluding carboxylic acids is 1. The first-order valence-electron chi connectivity index (χ1n) is 5.99. The number of thiazole rings is 1. The fourth-order valence-electron chi connectivity index (χ4n) is 2.30. The molecule has 0 radical (unpaired) electrons. The lowest BCUT2D eigenvalue weighted by Gasteiger charge is -2.22. The number of esters is 1. The Hall–Kier alpha value is -1.10. The van der Waals surface area contributed by atoms with Crippen molar-refractivity contribution in [3.8, 4) is 0 Å². The van der Waals surface area contributed by atoms with Crippen molar-refractivity contribution in [2.45, 2.75) is 39.2 Å². The van der Waals surface area contributed by atoms with E-state index in [0.717, 1.165) is 23.0 Å². The topological polar surface area (TPSA) is 42.4 Å². The second kappa shape index (κ2) is 5.04. The van der Waals surface area contributed by atoms with Crippen LogP contribution in [0.3, 0.4) is 0 Å². The number of carbonyl (C=O) groups is 1. The zero-order valence-corrected chi connectivity index (χ0v) is 11.3. The van der Waals surface area contributed by atoms with Gasteiger partial charge in [-0.2, -0.15) is 0 Å². The van der Waals surface area contributed by atoms with E-state index >= 15 is 0 Å². The highest BCUT2D eigenvalue weighted by Gasteiger charge is 2.27. The molecule has 2 heterocycles. The number of aryl methyl sites for hydroxylation is 1. The molecule has 1 saturated heterocycles. The lowest BCUT2D eigenvalue weighted by Crippen LogP contribution is -2.28. The van der Waals surface area contributed by atoms with Crippen LogP contribution in [0.25, 0.3) is 0 Å². The summed E-state index contributed by atoms with van der Waals surface area (Å²) in [5.74, 6) is -0.336. The monoisotopic (exact) mass is 254 g/mol. The number of rotatable bonds is 3. The predicted octanol–water partition coefficient (Wildman–Crippen LogP) is 2.62. The van der Waals surface area contributed by atoms with E-state index in [4.69, 9.17) is 4.74 Å². The second-order valence-electron chi connectivity index (χ2n) is 4.29. The minimum Gasteiger partial charge on any atom is -0.464 e. The molecule has 0 aromatic carbocycles. The Morgan fingerprint density at radius 2 is 2.41 bits per heavy atom. The molecular formula is C12H18N2O2S. The summed E-state index contributed by atoms with van der Waals surface area (Å²) >= 11 is 1.59. The molecule has 0 spiro atoms. The summed E-state index contributed by atoms with van der Waals surface area (Å²) in [4.78, 5) is 19.2.